The molecule has 1 aromatic carbocycles. The third-order valence-electron chi connectivity index (χ3n) is 4.69. The van der Waals surface area contributed by atoms with Crippen LogP contribution in [-0.4, -0.2) is 42.1 Å². The van der Waals surface area contributed by atoms with E-state index in [1.54, 1.807) is 18.3 Å². The molecule has 148 valence electrons. The lowest BCUT2D eigenvalue weighted by molar-refractivity contribution is 0.1000. The van der Waals surface area contributed by atoms with Gasteiger partial charge in [0.05, 0.1) is 5.69 Å². The van der Waals surface area contributed by atoms with E-state index in [0.29, 0.717) is 22.1 Å². The molecule has 1 aliphatic heterocycles. The van der Waals surface area contributed by atoms with E-state index in [0.717, 1.165) is 43.2 Å². The number of carbonyl (C=O) groups is 1. The van der Waals surface area contributed by atoms with Crippen molar-refractivity contribution in [2.24, 2.45) is 5.73 Å². The average Bonchev–Trinajstić information content (AvgIpc) is 2.74. The number of pyridine rings is 2. The minimum absolute atomic E-state index is 0.435. The molecule has 4 rings (SSSR count). The summed E-state index contributed by atoms with van der Waals surface area (Å²) in [5, 5.41) is 7.19. The molecule has 0 spiro atoms. The number of nitrogens with one attached hydrogen (secondary N) is 2. The number of amides is 1. The number of rotatable bonds is 5. The Morgan fingerprint density at radius 2 is 1.97 bits per heavy atom. The Balaban J connectivity index is 1.68. The number of halogens is 1. The second-order valence-corrected chi connectivity index (χ2v) is 7.20. The van der Waals surface area contributed by atoms with Gasteiger partial charge in [0.1, 0.15) is 11.6 Å². The second-order valence-electron chi connectivity index (χ2n) is 6.77. The average molecular weight is 409 g/mol. The van der Waals surface area contributed by atoms with Gasteiger partial charge in [-0.15, -0.1) is 0 Å². The van der Waals surface area contributed by atoms with E-state index in [-0.39, 0.29) is 0 Å². The summed E-state index contributed by atoms with van der Waals surface area (Å²) in [6.45, 7) is 3.40. The molecule has 7 nitrogen and oxygen atoms in total. The summed E-state index contributed by atoms with van der Waals surface area (Å²) in [5.74, 6) is 0.926. The van der Waals surface area contributed by atoms with E-state index in [9.17, 15) is 4.79 Å². The molecule has 0 bridgehead atoms. The monoisotopic (exact) mass is 408 g/mol. The van der Waals surface area contributed by atoms with Gasteiger partial charge in [0.25, 0.3) is 0 Å². The molecule has 2 aromatic heterocycles. The van der Waals surface area contributed by atoms with Crippen molar-refractivity contribution in [3.63, 3.8) is 0 Å². The third-order valence-corrected chi connectivity index (χ3v) is 4.93. The van der Waals surface area contributed by atoms with Crippen LogP contribution in [0.25, 0.3) is 11.3 Å². The maximum Gasteiger partial charge on any atom is 0.248 e. The van der Waals surface area contributed by atoms with Gasteiger partial charge < -0.3 is 21.3 Å². The number of hydrogen-bond acceptors (Lipinski definition) is 6. The molecule has 0 radical (unpaired) electrons. The van der Waals surface area contributed by atoms with Crippen molar-refractivity contribution in [3.8, 4) is 11.3 Å². The van der Waals surface area contributed by atoms with Crippen LogP contribution >= 0.6 is 11.6 Å². The zero-order chi connectivity index (χ0) is 20.2. The quantitative estimate of drug-likeness (QED) is 0.600. The molecule has 1 amide bonds. The number of nitrogens with two attached hydrogens (primary N) is 1. The zero-order valence-electron chi connectivity index (χ0n) is 15.7. The fraction of sp³-hybridized carbons (Fsp3) is 0.190. The van der Waals surface area contributed by atoms with Crippen molar-refractivity contribution in [2.45, 2.75) is 0 Å². The topological polar surface area (TPSA) is 96.2 Å². The zero-order valence-corrected chi connectivity index (χ0v) is 16.5. The molecule has 0 saturated carbocycles. The third kappa shape index (κ3) is 4.64. The SMILES string of the molecule is NC(=O)c1cc(-c2ccnc(Nc3cccc(Cl)c3)c2)nc(N2CCNCC2)c1. The first-order chi connectivity index (χ1) is 14.1. The Bertz CT molecular complexity index is 1040. The molecule has 29 heavy (non-hydrogen) atoms. The lowest BCUT2D eigenvalue weighted by Crippen LogP contribution is -2.44. The van der Waals surface area contributed by atoms with Crippen molar-refractivity contribution in [1.82, 2.24) is 15.3 Å². The minimum atomic E-state index is -0.476. The van der Waals surface area contributed by atoms with Crippen molar-refractivity contribution in [2.75, 3.05) is 36.4 Å². The Morgan fingerprint density at radius 1 is 1.14 bits per heavy atom. The van der Waals surface area contributed by atoms with Gasteiger partial charge in [-0.05, 0) is 42.5 Å². The number of benzene rings is 1. The molecule has 1 fully saturated rings. The van der Waals surface area contributed by atoms with Crippen LogP contribution in [0.3, 0.4) is 0 Å². The lowest BCUT2D eigenvalue weighted by Gasteiger charge is -2.29. The predicted molar refractivity (Wildman–Crippen MR) is 116 cm³/mol. The van der Waals surface area contributed by atoms with Crippen molar-refractivity contribution in [3.05, 3.63) is 65.3 Å². The molecule has 0 atom stereocenters. The number of piperazine rings is 1. The van der Waals surface area contributed by atoms with Crippen LogP contribution in [0.1, 0.15) is 10.4 Å². The first kappa shape index (κ1) is 19.2. The van der Waals surface area contributed by atoms with E-state index in [1.165, 1.54) is 0 Å². The number of hydrogen-bond donors (Lipinski definition) is 3. The maximum atomic E-state index is 11.9. The summed E-state index contributed by atoms with van der Waals surface area (Å²) in [6, 6.07) is 14.6. The first-order valence-electron chi connectivity index (χ1n) is 9.35. The van der Waals surface area contributed by atoms with Gasteiger partial charge in [0, 0.05) is 54.2 Å². The van der Waals surface area contributed by atoms with E-state index >= 15 is 0 Å². The largest absolute Gasteiger partial charge is 0.366 e. The normalized spacial score (nSPS) is 13.9. The number of primary amides is 1. The Hall–Kier alpha value is -3.16. The summed E-state index contributed by atoms with van der Waals surface area (Å²) in [5.41, 5.74) is 8.35. The van der Waals surface area contributed by atoms with Gasteiger partial charge in [-0.25, -0.2) is 9.97 Å². The summed E-state index contributed by atoms with van der Waals surface area (Å²) < 4.78 is 0. The van der Waals surface area contributed by atoms with Crippen LogP contribution in [0.15, 0.2) is 54.7 Å². The van der Waals surface area contributed by atoms with E-state index < -0.39 is 5.91 Å². The first-order valence-corrected chi connectivity index (χ1v) is 9.73. The molecule has 1 aliphatic rings. The van der Waals surface area contributed by atoms with E-state index in [2.05, 4.69) is 20.5 Å². The van der Waals surface area contributed by atoms with Gasteiger partial charge in [0.15, 0.2) is 0 Å². The molecule has 0 unspecified atom stereocenters. The van der Waals surface area contributed by atoms with Crippen LogP contribution in [0, 0.1) is 0 Å². The van der Waals surface area contributed by atoms with E-state index in [4.69, 9.17) is 22.3 Å². The van der Waals surface area contributed by atoms with Crippen LogP contribution in [0.5, 0.6) is 0 Å². The Labute approximate surface area is 173 Å². The fourth-order valence-corrected chi connectivity index (χ4v) is 3.42. The molecule has 1 saturated heterocycles. The van der Waals surface area contributed by atoms with Crippen molar-refractivity contribution in [1.29, 1.82) is 0 Å². The summed E-state index contributed by atoms with van der Waals surface area (Å²) in [7, 11) is 0. The highest BCUT2D eigenvalue weighted by Crippen LogP contribution is 2.26. The number of anilines is 3. The highest BCUT2D eigenvalue weighted by molar-refractivity contribution is 6.30. The molecule has 3 aromatic rings. The fourth-order valence-electron chi connectivity index (χ4n) is 3.23. The van der Waals surface area contributed by atoms with Crippen LogP contribution in [-0.2, 0) is 0 Å². The van der Waals surface area contributed by atoms with Gasteiger partial charge in [-0.3, -0.25) is 4.79 Å². The van der Waals surface area contributed by atoms with Gasteiger partial charge in [-0.1, -0.05) is 17.7 Å². The Morgan fingerprint density at radius 3 is 2.72 bits per heavy atom. The molecular weight excluding hydrogens is 388 g/mol. The summed E-state index contributed by atoms with van der Waals surface area (Å²) in [6.07, 6.45) is 1.70. The minimum Gasteiger partial charge on any atom is -0.366 e. The highest BCUT2D eigenvalue weighted by atomic mass is 35.5. The number of nitrogens with zero attached hydrogens (tertiary/aromatic N) is 3. The van der Waals surface area contributed by atoms with Gasteiger partial charge in [0.2, 0.25) is 5.91 Å². The van der Waals surface area contributed by atoms with Crippen molar-refractivity contribution >= 4 is 34.8 Å². The molecule has 0 aliphatic carbocycles. The molecule has 4 N–H and O–H groups in total. The predicted octanol–water partition coefficient (Wildman–Crippen LogP) is 3.05. The van der Waals surface area contributed by atoms with Crippen LogP contribution < -0.4 is 21.3 Å². The summed E-state index contributed by atoms with van der Waals surface area (Å²) >= 11 is 6.05. The van der Waals surface area contributed by atoms with Crippen molar-refractivity contribution < 1.29 is 4.79 Å². The highest BCUT2D eigenvalue weighted by Gasteiger charge is 2.16. The van der Waals surface area contributed by atoms with Gasteiger partial charge in [-0.2, -0.15) is 0 Å². The smallest absolute Gasteiger partial charge is 0.248 e. The molecule has 3 heterocycles. The Kier molecular flexibility index (Phi) is 5.59. The standard InChI is InChI=1S/C21H21ClN6O/c22-16-2-1-3-17(13-16)26-19-11-14(4-5-25-19)18-10-15(21(23)29)12-20(27-18)28-8-6-24-7-9-28/h1-5,10-13,24H,6-9H2,(H2,23,29)(H,25,26). The number of carbonyl (C=O) groups excluding carboxylic acids is 1. The van der Waals surface area contributed by atoms with Crippen LogP contribution in [0.4, 0.5) is 17.3 Å². The van der Waals surface area contributed by atoms with Crippen LogP contribution in [0.2, 0.25) is 5.02 Å². The number of aromatic nitrogens is 2. The van der Waals surface area contributed by atoms with E-state index in [1.807, 2.05) is 36.4 Å². The lowest BCUT2D eigenvalue weighted by atomic mass is 10.1. The molecular formula is C21H21ClN6O. The summed E-state index contributed by atoms with van der Waals surface area (Å²) in [4.78, 5) is 23.2. The molecule has 8 heteroatoms. The second kappa shape index (κ2) is 8.46. The van der Waals surface area contributed by atoms with Gasteiger partial charge >= 0.3 is 0 Å². The maximum absolute atomic E-state index is 11.9.